The van der Waals surface area contributed by atoms with Crippen molar-refractivity contribution in [1.82, 2.24) is 9.55 Å². The fourth-order valence-corrected chi connectivity index (χ4v) is 2.44. The highest BCUT2D eigenvalue weighted by atomic mass is 35.5. The molecule has 3 nitrogen and oxygen atoms in total. The Morgan fingerprint density at radius 2 is 1.82 bits per heavy atom. The van der Waals surface area contributed by atoms with Crippen molar-refractivity contribution in [2.75, 3.05) is 0 Å². The number of benzene rings is 1. The Labute approximate surface area is 113 Å². The fraction of sp³-hybridized carbons (Fsp3) is 0.0909. The van der Waals surface area contributed by atoms with E-state index in [1.165, 1.54) is 22.9 Å². The molecule has 0 bridgehead atoms. The van der Waals surface area contributed by atoms with E-state index in [9.17, 15) is 4.79 Å². The summed E-state index contributed by atoms with van der Waals surface area (Å²) in [6.07, 6.45) is 3.09. The summed E-state index contributed by atoms with van der Waals surface area (Å²) in [5.41, 5.74) is 0.221. The van der Waals surface area contributed by atoms with Crippen LogP contribution < -0.4 is 0 Å². The van der Waals surface area contributed by atoms with Crippen LogP contribution in [0, 0.1) is 6.92 Å². The zero-order valence-corrected chi connectivity index (χ0v) is 11.0. The van der Waals surface area contributed by atoms with Gasteiger partial charge in [-0.05, 0) is 19.1 Å². The van der Waals surface area contributed by atoms with E-state index in [0.29, 0.717) is 10.8 Å². The molecule has 0 saturated carbocycles. The van der Waals surface area contributed by atoms with Crippen LogP contribution in [0.4, 0.5) is 0 Å². The number of hydrogen-bond donors (Lipinski definition) is 0. The lowest BCUT2D eigenvalue weighted by atomic mass is 10.2. The molecule has 0 aliphatic heterocycles. The number of carbonyl (C=O) groups is 1. The second kappa shape index (κ2) is 4.69. The number of rotatable bonds is 1. The van der Waals surface area contributed by atoms with Crippen molar-refractivity contribution in [3.63, 3.8) is 0 Å². The molecule has 2 aromatic rings. The molecule has 0 aliphatic carbocycles. The van der Waals surface area contributed by atoms with E-state index >= 15 is 0 Å². The highest BCUT2D eigenvalue weighted by Crippen LogP contribution is 2.29. The average Bonchev–Trinajstić information content (AvgIpc) is 2.62. The molecule has 0 radical (unpaired) electrons. The zero-order chi connectivity index (χ0) is 12.6. The Bertz CT molecular complexity index is 569. The monoisotopic (exact) mass is 288 g/mol. The number of imidazole rings is 1. The third kappa shape index (κ3) is 2.32. The van der Waals surface area contributed by atoms with E-state index in [0.717, 1.165) is 0 Å². The summed E-state index contributed by atoms with van der Waals surface area (Å²) in [6.45, 7) is 1.72. The Morgan fingerprint density at radius 1 is 1.24 bits per heavy atom. The minimum atomic E-state index is -0.327. The first-order chi connectivity index (χ1) is 8.00. The summed E-state index contributed by atoms with van der Waals surface area (Å²) in [5, 5.41) is 0.833. The molecule has 0 atom stereocenters. The first-order valence-electron chi connectivity index (χ1n) is 4.70. The number of halogens is 3. The number of nitrogens with zero attached hydrogens (tertiary/aromatic N) is 2. The maximum atomic E-state index is 12.2. The molecular weight excluding hydrogens is 282 g/mol. The molecule has 6 heteroatoms. The number of aromatic nitrogens is 2. The van der Waals surface area contributed by atoms with Gasteiger partial charge in [0.15, 0.2) is 0 Å². The molecule has 0 amide bonds. The summed E-state index contributed by atoms with van der Waals surface area (Å²) in [4.78, 5) is 16.2. The maximum Gasteiger partial charge on any atom is 0.266 e. The fourth-order valence-electron chi connectivity index (χ4n) is 1.46. The normalized spacial score (nSPS) is 10.6. The molecule has 0 aliphatic rings. The van der Waals surface area contributed by atoms with Crippen LogP contribution in [0.15, 0.2) is 24.5 Å². The average molecular weight is 290 g/mol. The molecule has 2 rings (SSSR count). The summed E-state index contributed by atoms with van der Waals surface area (Å²) in [7, 11) is 0. The van der Waals surface area contributed by atoms with E-state index in [4.69, 9.17) is 34.8 Å². The molecule has 1 heterocycles. The van der Waals surface area contributed by atoms with Gasteiger partial charge in [-0.3, -0.25) is 9.36 Å². The van der Waals surface area contributed by atoms with Crippen molar-refractivity contribution >= 4 is 40.7 Å². The SMILES string of the molecule is Cc1nccn1C(=O)c1c(Cl)cc(Cl)cc1Cl. The largest absolute Gasteiger partial charge is 0.270 e. The van der Waals surface area contributed by atoms with E-state index in [1.54, 1.807) is 13.1 Å². The van der Waals surface area contributed by atoms with Gasteiger partial charge >= 0.3 is 0 Å². The van der Waals surface area contributed by atoms with Gasteiger partial charge in [-0.2, -0.15) is 0 Å². The van der Waals surface area contributed by atoms with Gasteiger partial charge in [-0.1, -0.05) is 34.8 Å². The standard InChI is InChI=1S/C11H7Cl3N2O/c1-6-15-2-3-16(6)11(17)10-8(13)4-7(12)5-9(10)14/h2-5H,1H3. The van der Waals surface area contributed by atoms with Crippen molar-refractivity contribution in [2.24, 2.45) is 0 Å². The van der Waals surface area contributed by atoms with E-state index in [-0.39, 0.29) is 21.5 Å². The summed E-state index contributed by atoms with van der Waals surface area (Å²) in [6, 6.07) is 2.96. The highest BCUT2D eigenvalue weighted by Gasteiger charge is 2.18. The molecule has 0 unspecified atom stereocenters. The van der Waals surface area contributed by atoms with Crippen molar-refractivity contribution in [1.29, 1.82) is 0 Å². The van der Waals surface area contributed by atoms with Gasteiger partial charge in [0.2, 0.25) is 0 Å². The topological polar surface area (TPSA) is 34.9 Å². The van der Waals surface area contributed by atoms with Crippen LogP contribution in [0.25, 0.3) is 0 Å². The summed E-state index contributed by atoms with van der Waals surface area (Å²) < 4.78 is 1.38. The summed E-state index contributed by atoms with van der Waals surface area (Å²) >= 11 is 17.7. The van der Waals surface area contributed by atoms with Gasteiger partial charge in [0, 0.05) is 17.4 Å². The van der Waals surface area contributed by atoms with E-state index in [2.05, 4.69) is 4.98 Å². The Balaban J connectivity index is 2.56. The molecule has 17 heavy (non-hydrogen) atoms. The summed E-state index contributed by atoms with van der Waals surface area (Å²) in [5.74, 6) is 0.240. The van der Waals surface area contributed by atoms with Gasteiger partial charge in [0.1, 0.15) is 5.82 Å². The second-order valence-electron chi connectivity index (χ2n) is 3.39. The van der Waals surface area contributed by atoms with Crippen LogP contribution in [0.2, 0.25) is 15.1 Å². The van der Waals surface area contributed by atoms with Crippen molar-refractivity contribution in [2.45, 2.75) is 6.92 Å². The van der Waals surface area contributed by atoms with E-state index in [1.807, 2.05) is 0 Å². The van der Waals surface area contributed by atoms with Crippen LogP contribution in [-0.4, -0.2) is 15.5 Å². The lowest BCUT2D eigenvalue weighted by Gasteiger charge is -2.08. The van der Waals surface area contributed by atoms with Crippen LogP contribution in [-0.2, 0) is 0 Å². The molecule has 0 spiro atoms. The molecule has 88 valence electrons. The van der Waals surface area contributed by atoms with Crippen LogP contribution >= 0.6 is 34.8 Å². The third-order valence-electron chi connectivity index (χ3n) is 2.27. The predicted octanol–water partition coefficient (Wildman–Crippen LogP) is 3.84. The number of hydrogen-bond acceptors (Lipinski definition) is 2. The molecule has 0 fully saturated rings. The Hall–Kier alpha value is -1.03. The predicted molar refractivity (Wildman–Crippen MR) is 68.2 cm³/mol. The molecule has 0 saturated heterocycles. The van der Waals surface area contributed by atoms with Gasteiger partial charge in [-0.25, -0.2) is 4.98 Å². The van der Waals surface area contributed by atoms with Gasteiger partial charge in [-0.15, -0.1) is 0 Å². The lowest BCUT2D eigenvalue weighted by Crippen LogP contribution is -2.13. The Kier molecular flexibility index (Phi) is 3.43. The van der Waals surface area contributed by atoms with Crippen LogP contribution in [0.5, 0.6) is 0 Å². The molecule has 0 N–H and O–H groups in total. The highest BCUT2D eigenvalue weighted by molar-refractivity contribution is 6.42. The van der Waals surface area contributed by atoms with Gasteiger partial charge < -0.3 is 0 Å². The van der Waals surface area contributed by atoms with Crippen molar-refractivity contribution < 1.29 is 4.79 Å². The van der Waals surface area contributed by atoms with Gasteiger partial charge in [0.05, 0.1) is 15.6 Å². The van der Waals surface area contributed by atoms with Crippen LogP contribution in [0.3, 0.4) is 0 Å². The first kappa shape index (κ1) is 12.4. The van der Waals surface area contributed by atoms with Crippen molar-refractivity contribution in [3.8, 4) is 0 Å². The van der Waals surface area contributed by atoms with Crippen molar-refractivity contribution in [3.05, 3.63) is 51.0 Å². The van der Waals surface area contributed by atoms with E-state index < -0.39 is 0 Å². The first-order valence-corrected chi connectivity index (χ1v) is 5.83. The molecule has 1 aromatic carbocycles. The van der Waals surface area contributed by atoms with Crippen LogP contribution in [0.1, 0.15) is 16.2 Å². The lowest BCUT2D eigenvalue weighted by molar-refractivity contribution is 0.0958. The third-order valence-corrected chi connectivity index (χ3v) is 3.08. The minimum Gasteiger partial charge on any atom is -0.270 e. The smallest absolute Gasteiger partial charge is 0.266 e. The quantitative estimate of drug-likeness (QED) is 0.799. The molecular formula is C11H7Cl3N2O. The number of aryl methyl sites for hydroxylation is 1. The number of carbonyl (C=O) groups excluding carboxylic acids is 1. The molecule has 1 aromatic heterocycles. The maximum absolute atomic E-state index is 12.2. The Morgan fingerprint density at radius 3 is 2.29 bits per heavy atom. The van der Waals surface area contributed by atoms with Gasteiger partial charge in [0.25, 0.3) is 5.91 Å². The minimum absolute atomic E-state index is 0.221. The second-order valence-corrected chi connectivity index (χ2v) is 4.64. The zero-order valence-electron chi connectivity index (χ0n) is 8.75.